The number of imidazole rings is 1. The summed E-state index contributed by atoms with van der Waals surface area (Å²) < 4.78 is 2.10. The van der Waals surface area contributed by atoms with Crippen LogP contribution >= 0.6 is 11.3 Å². The van der Waals surface area contributed by atoms with Gasteiger partial charge in [0.1, 0.15) is 0 Å². The van der Waals surface area contributed by atoms with Crippen LogP contribution in [0.3, 0.4) is 0 Å². The van der Waals surface area contributed by atoms with E-state index >= 15 is 0 Å². The molecular weight excluding hydrogens is 296 g/mol. The molecule has 114 valence electrons. The van der Waals surface area contributed by atoms with Crippen LogP contribution in [0.25, 0.3) is 16.2 Å². The summed E-state index contributed by atoms with van der Waals surface area (Å²) in [4.78, 5) is 17.6. The number of fused-ring (bicyclic) bond motifs is 1. The molecule has 1 aromatic carbocycles. The number of carboxylic acids is 1. The Balaban J connectivity index is 2.28. The highest BCUT2D eigenvalue weighted by Crippen LogP contribution is 2.34. The number of carbonyl (C=O) groups is 1. The molecule has 0 atom stereocenters. The molecule has 0 aliphatic carbocycles. The van der Waals surface area contributed by atoms with E-state index in [4.69, 9.17) is 0 Å². The summed E-state index contributed by atoms with van der Waals surface area (Å²) in [5.41, 5.74) is 5.36. The van der Waals surface area contributed by atoms with E-state index in [0.29, 0.717) is 0 Å². The maximum atomic E-state index is 11.2. The van der Waals surface area contributed by atoms with Crippen LogP contribution in [0.2, 0.25) is 0 Å². The van der Waals surface area contributed by atoms with Crippen LogP contribution in [0.1, 0.15) is 28.8 Å². The lowest BCUT2D eigenvalue weighted by Gasteiger charge is -2.06. The summed E-state index contributed by atoms with van der Waals surface area (Å²) >= 11 is 1.47. The van der Waals surface area contributed by atoms with Gasteiger partial charge in [-0.2, -0.15) is 0 Å². The summed E-state index contributed by atoms with van der Waals surface area (Å²) in [5.74, 6) is -0.814. The molecule has 0 spiro atoms. The Morgan fingerprint density at radius 2 is 1.95 bits per heavy atom. The van der Waals surface area contributed by atoms with Gasteiger partial charge in [0, 0.05) is 10.6 Å². The lowest BCUT2D eigenvalue weighted by molar-refractivity contribution is -0.136. The minimum absolute atomic E-state index is 0.0259. The fourth-order valence-corrected chi connectivity index (χ4v) is 3.92. The molecule has 2 aromatic heterocycles. The number of aryl methyl sites for hydroxylation is 3. The van der Waals surface area contributed by atoms with Gasteiger partial charge in [0.25, 0.3) is 0 Å². The van der Waals surface area contributed by atoms with Gasteiger partial charge >= 0.3 is 5.97 Å². The molecule has 0 bridgehead atoms. The molecule has 0 unspecified atom stereocenters. The van der Waals surface area contributed by atoms with E-state index in [9.17, 15) is 9.90 Å². The van der Waals surface area contributed by atoms with E-state index in [-0.39, 0.29) is 6.42 Å². The van der Waals surface area contributed by atoms with E-state index in [1.54, 1.807) is 0 Å². The van der Waals surface area contributed by atoms with Gasteiger partial charge in [-0.3, -0.25) is 9.20 Å². The number of aliphatic carboxylic acids is 1. The predicted octanol–water partition coefficient (Wildman–Crippen LogP) is 3.87. The van der Waals surface area contributed by atoms with Crippen molar-refractivity contribution in [3.8, 4) is 11.3 Å². The van der Waals surface area contributed by atoms with E-state index in [2.05, 4.69) is 28.4 Å². The standard InChI is InChI=1S/C17H18N2O2S/c1-4-13-11(3)19-16(12-7-5-10(2)6-8-12)14(9-15(20)21)22-17(19)18-13/h5-8H,4,9H2,1-3H3,(H,20,21). The molecular formula is C17H18N2O2S. The first-order chi connectivity index (χ1) is 10.5. The second-order valence-corrected chi connectivity index (χ2v) is 6.49. The summed E-state index contributed by atoms with van der Waals surface area (Å²) in [5, 5.41) is 9.19. The lowest BCUT2D eigenvalue weighted by Crippen LogP contribution is -2.01. The minimum Gasteiger partial charge on any atom is -0.481 e. The molecule has 3 aromatic rings. The molecule has 0 aliphatic rings. The molecule has 5 heteroatoms. The molecule has 22 heavy (non-hydrogen) atoms. The first-order valence-corrected chi connectivity index (χ1v) is 8.11. The lowest BCUT2D eigenvalue weighted by atomic mass is 10.1. The normalized spacial score (nSPS) is 11.2. The van der Waals surface area contributed by atoms with Crippen molar-refractivity contribution < 1.29 is 9.90 Å². The van der Waals surface area contributed by atoms with Crippen molar-refractivity contribution in [2.24, 2.45) is 0 Å². The third-order valence-corrected chi connectivity index (χ3v) is 4.89. The van der Waals surface area contributed by atoms with Crippen LogP contribution in [-0.4, -0.2) is 20.5 Å². The zero-order valence-electron chi connectivity index (χ0n) is 12.9. The third kappa shape index (κ3) is 2.41. The van der Waals surface area contributed by atoms with Crippen molar-refractivity contribution in [3.05, 3.63) is 46.1 Å². The molecule has 0 saturated heterocycles. The molecule has 1 N–H and O–H groups in total. The van der Waals surface area contributed by atoms with Gasteiger partial charge < -0.3 is 5.11 Å². The number of thiazole rings is 1. The second kappa shape index (κ2) is 5.57. The predicted molar refractivity (Wildman–Crippen MR) is 88.7 cm³/mol. The van der Waals surface area contributed by atoms with Crippen LogP contribution in [-0.2, 0) is 17.6 Å². The van der Waals surface area contributed by atoms with Crippen molar-refractivity contribution in [1.29, 1.82) is 0 Å². The summed E-state index contributed by atoms with van der Waals surface area (Å²) in [6.45, 7) is 6.18. The monoisotopic (exact) mass is 314 g/mol. The molecule has 4 nitrogen and oxygen atoms in total. The van der Waals surface area contributed by atoms with Gasteiger partial charge in [0.2, 0.25) is 0 Å². The fourth-order valence-electron chi connectivity index (χ4n) is 2.73. The summed E-state index contributed by atoms with van der Waals surface area (Å²) in [7, 11) is 0. The van der Waals surface area contributed by atoms with Gasteiger partial charge in [0.15, 0.2) is 4.96 Å². The third-order valence-electron chi connectivity index (χ3n) is 3.85. The molecule has 0 amide bonds. The average molecular weight is 314 g/mol. The van der Waals surface area contributed by atoms with E-state index in [1.165, 1.54) is 16.9 Å². The van der Waals surface area contributed by atoms with Crippen molar-refractivity contribution in [2.75, 3.05) is 0 Å². The van der Waals surface area contributed by atoms with E-state index < -0.39 is 5.97 Å². The van der Waals surface area contributed by atoms with Crippen LogP contribution in [0.5, 0.6) is 0 Å². The first kappa shape index (κ1) is 14.8. The average Bonchev–Trinajstić information content (AvgIpc) is 2.96. The number of rotatable bonds is 4. The molecule has 2 heterocycles. The van der Waals surface area contributed by atoms with Crippen molar-refractivity contribution >= 4 is 22.3 Å². The molecule has 3 rings (SSSR count). The molecule has 0 fully saturated rings. The zero-order chi connectivity index (χ0) is 15.9. The highest BCUT2D eigenvalue weighted by molar-refractivity contribution is 7.17. The Morgan fingerprint density at radius 1 is 1.27 bits per heavy atom. The minimum atomic E-state index is -0.814. The van der Waals surface area contributed by atoms with Gasteiger partial charge in [-0.05, 0) is 25.8 Å². The van der Waals surface area contributed by atoms with Crippen molar-refractivity contribution in [1.82, 2.24) is 9.38 Å². The van der Waals surface area contributed by atoms with Gasteiger partial charge in [-0.25, -0.2) is 4.98 Å². The number of nitrogens with zero attached hydrogens (tertiary/aromatic N) is 2. The fraction of sp³-hybridized carbons (Fsp3) is 0.294. The number of aromatic nitrogens is 2. The Kier molecular flexibility index (Phi) is 3.74. The largest absolute Gasteiger partial charge is 0.481 e. The Bertz CT molecular complexity index is 844. The van der Waals surface area contributed by atoms with Crippen LogP contribution in [0, 0.1) is 13.8 Å². The maximum absolute atomic E-state index is 11.2. The highest BCUT2D eigenvalue weighted by Gasteiger charge is 2.20. The van der Waals surface area contributed by atoms with Gasteiger partial charge in [0.05, 0.1) is 17.8 Å². The van der Waals surface area contributed by atoms with Gasteiger partial charge in [-0.15, -0.1) is 11.3 Å². The summed E-state index contributed by atoms with van der Waals surface area (Å²) in [6, 6.07) is 8.20. The molecule has 0 radical (unpaired) electrons. The maximum Gasteiger partial charge on any atom is 0.308 e. The van der Waals surface area contributed by atoms with Crippen LogP contribution < -0.4 is 0 Å². The zero-order valence-corrected chi connectivity index (χ0v) is 13.7. The van der Waals surface area contributed by atoms with E-state index in [1.807, 2.05) is 26.0 Å². The van der Waals surface area contributed by atoms with Gasteiger partial charge in [-0.1, -0.05) is 36.8 Å². The Labute approximate surface area is 133 Å². The van der Waals surface area contributed by atoms with Crippen molar-refractivity contribution in [3.63, 3.8) is 0 Å². The van der Waals surface area contributed by atoms with Crippen LogP contribution in [0.4, 0.5) is 0 Å². The molecule has 0 saturated carbocycles. The highest BCUT2D eigenvalue weighted by atomic mass is 32.1. The number of hydrogen-bond donors (Lipinski definition) is 1. The van der Waals surface area contributed by atoms with Crippen LogP contribution in [0.15, 0.2) is 24.3 Å². The second-order valence-electron chi connectivity index (χ2n) is 5.43. The topological polar surface area (TPSA) is 54.6 Å². The SMILES string of the molecule is CCc1nc2sc(CC(=O)O)c(-c3ccc(C)cc3)n2c1C. The number of carboxylic acid groups (broad SMARTS) is 1. The number of hydrogen-bond acceptors (Lipinski definition) is 3. The smallest absolute Gasteiger partial charge is 0.308 e. The quantitative estimate of drug-likeness (QED) is 0.795. The van der Waals surface area contributed by atoms with Crippen molar-refractivity contribution in [2.45, 2.75) is 33.6 Å². The van der Waals surface area contributed by atoms with E-state index in [0.717, 1.165) is 38.9 Å². The summed E-state index contributed by atoms with van der Waals surface area (Å²) in [6.07, 6.45) is 0.903. The Hall–Kier alpha value is -2.14. The molecule has 0 aliphatic heterocycles. The Morgan fingerprint density at radius 3 is 2.55 bits per heavy atom. The number of benzene rings is 1. The first-order valence-electron chi connectivity index (χ1n) is 7.29.